The number of aromatic nitrogens is 1. The van der Waals surface area contributed by atoms with Crippen molar-refractivity contribution < 1.29 is 9.53 Å². The highest BCUT2D eigenvalue weighted by Crippen LogP contribution is 2.45. The highest BCUT2D eigenvalue weighted by molar-refractivity contribution is 6.12. The number of ether oxygens (including phenoxy) is 1. The number of amides is 1. The highest BCUT2D eigenvalue weighted by atomic mass is 16.5. The maximum atomic E-state index is 13.4. The summed E-state index contributed by atoms with van der Waals surface area (Å²) in [5, 5.41) is 1.15. The standard InChI is InChI=1S/C24H20N2O2/c1-15-22(20-9-5-6-10-21(20)25-15)23-18-7-3-4-8-19(18)24(27)26(23)16-11-13-17(28-2)14-12-16/h3-14,23,25H,1-2H3/t23-/m1/s1. The zero-order chi connectivity index (χ0) is 19.3. The van der Waals surface area contributed by atoms with Gasteiger partial charge in [0.15, 0.2) is 0 Å². The monoisotopic (exact) mass is 368 g/mol. The van der Waals surface area contributed by atoms with Gasteiger partial charge in [-0.15, -0.1) is 0 Å². The van der Waals surface area contributed by atoms with Crippen molar-refractivity contribution in [1.29, 1.82) is 0 Å². The molecule has 0 saturated heterocycles. The highest BCUT2D eigenvalue weighted by Gasteiger charge is 2.40. The molecule has 1 aliphatic rings. The zero-order valence-corrected chi connectivity index (χ0v) is 15.8. The molecule has 5 rings (SSSR count). The van der Waals surface area contributed by atoms with Crippen molar-refractivity contribution >= 4 is 22.5 Å². The van der Waals surface area contributed by atoms with Gasteiger partial charge in [-0.2, -0.15) is 0 Å². The van der Waals surface area contributed by atoms with Gasteiger partial charge in [0.1, 0.15) is 5.75 Å². The lowest BCUT2D eigenvalue weighted by Crippen LogP contribution is -2.28. The fourth-order valence-corrected chi connectivity index (χ4v) is 4.26. The van der Waals surface area contributed by atoms with Gasteiger partial charge in [-0.25, -0.2) is 0 Å². The largest absolute Gasteiger partial charge is 0.497 e. The van der Waals surface area contributed by atoms with Gasteiger partial charge in [-0.05, 0) is 48.9 Å². The minimum absolute atomic E-state index is 0.0236. The van der Waals surface area contributed by atoms with E-state index in [0.29, 0.717) is 0 Å². The molecule has 1 atom stereocenters. The van der Waals surface area contributed by atoms with Crippen LogP contribution in [0.1, 0.15) is 33.2 Å². The quantitative estimate of drug-likeness (QED) is 0.538. The number of aromatic amines is 1. The zero-order valence-electron chi connectivity index (χ0n) is 15.8. The fraction of sp³-hybridized carbons (Fsp3) is 0.125. The number of anilines is 1. The summed E-state index contributed by atoms with van der Waals surface area (Å²) in [6, 6.07) is 23.7. The lowest BCUT2D eigenvalue weighted by Gasteiger charge is -2.26. The van der Waals surface area contributed by atoms with Crippen molar-refractivity contribution in [1.82, 2.24) is 4.98 Å². The summed E-state index contributed by atoms with van der Waals surface area (Å²) in [7, 11) is 1.64. The van der Waals surface area contributed by atoms with E-state index in [2.05, 4.69) is 30.1 Å². The van der Waals surface area contributed by atoms with Crippen LogP contribution in [-0.4, -0.2) is 18.0 Å². The molecule has 0 bridgehead atoms. The molecule has 4 aromatic rings. The van der Waals surface area contributed by atoms with Crippen molar-refractivity contribution in [2.45, 2.75) is 13.0 Å². The Morgan fingerprint density at radius 2 is 1.64 bits per heavy atom. The molecule has 3 aromatic carbocycles. The normalized spacial score (nSPS) is 15.9. The van der Waals surface area contributed by atoms with Crippen LogP contribution >= 0.6 is 0 Å². The van der Waals surface area contributed by atoms with Crippen LogP contribution in [0, 0.1) is 6.92 Å². The summed E-state index contributed by atoms with van der Waals surface area (Å²) in [6.45, 7) is 2.08. The summed E-state index contributed by atoms with van der Waals surface area (Å²) in [5.74, 6) is 0.795. The molecular weight excluding hydrogens is 348 g/mol. The number of hydrogen-bond donors (Lipinski definition) is 1. The van der Waals surface area contributed by atoms with Crippen LogP contribution in [0.4, 0.5) is 5.69 Å². The number of H-pyrrole nitrogens is 1. The summed E-state index contributed by atoms with van der Waals surface area (Å²) in [6.07, 6.45) is 0. The molecular formula is C24H20N2O2. The van der Waals surface area contributed by atoms with Crippen molar-refractivity contribution in [3.8, 4) is 5.75 Å². The van der Waals surface area contributed by atoms with Gasteiger partial charge in [-0.3, -0.25) is 9.69 Å². The average molecular weight is 368 g/mol. The van der Waals surface area contributed by atoms with Gasteiger partial charge >= 0.3 is 0 Å². The Bertz CT molecular complexity index is 1190. The van der Waals surface area contributed by atoms with E-state index in [-0.39, 0.29) is 11.9 Å². The van der Waals surface area contributed by atoms with Crippen LogP contribution in [0.5, 0.6) is 5.75 Å². The summed E-state index contributed by atoms with van der Waals surface area (Å²) < 4.78 is 5.29. The number of aryl methyl sites for hydroxylation is 1. The third kappa shape index (κ3) is 2.34. The number of methoxy groups -OCH3 is 1. The van der Waals surface area contributed by atoms with Crippen LogP contribution in [0.15, 0.2) is 72.8 Å². The molecule has 0 unspecified atom stereocenters. The maximum Gasteiger partial charge on any atom is 0.259 e. The second-order valence-electron chi connectivity index (χ2n) is 7.07. The third-order valence-corrected chi connectivity index (χ3v) is 5.53. The van der Waals surface area contributed by atoms with Gasteiger partial charge in [0.05, 0.1) is 13.2 Å². The van der Waals surface area contributed by atoms with E-state index < -0.39 is 0 Å². The van der Waals surface area contributed by atoms with Gasteiger partial charge in [0.25, 0.3) is 5.91 Å². The molecule has 1 aliphatic heterocycles. The van der Waals surface area contributed by atoms with E-state index in [1.807, 2.05) is 59.5 Å². The van der Waals surface area contributed by atoms with E-state index in [9.17, 15) is 4.79 Å². The van der Waals surface area contributed by atoms with E-state index in [0.717, 1.165) is 44.7 Å². The Morgan fingerprint density at radius 3 is 2.43 bits per heavy atom. The number of fused-ring (bicyclic) bond motifs is 2. The summed E-state index contributed by atoms with van der Waals surface area (Å²) in [5.41, 5.74) is 5.96. The van der Waals surface area contributed by atoms with Gasteiger partial charge in [0, 0.05) is 33.4 Å². The second kappa shape index (κ2) is 6.27. The van der Waals surface area contributed by atoms with Crippen LogP contribution in [-0.2, 0) is 0 Å². The molecule has 0 fully saturated rings. The minimum Gasteiger partial charge on any atom is -0.497 e. The number of rotatable bonds is 3. The molecule has 1 N–H and O–H groups in total. The molecule has 28 heavy (non-hydrogen) atoms. The van der Waals surface area contributed by atoms with E-state index in [1.54, 1.807) is 7.11 Å². The lowest BCUT2D eigenvalue weighted by molar-refractivity contribution is 0.0993. The second-order valence-corrected chi connectivity index (χ2v) is 7.07. The first-order valence-corrected chi connectivity index (χ1v) is 9.33. The Labute approximate surface area is 163 Å². The molecule has 4 nitrogen and oxygen atoms in total. The van der Waals surface area contributed by atoms with Crippen molar-refractivity contribution in [2.24, 2.45) is 0 Å². The first-order valence-electron chi connectivity index (χ1n) is 9.33. The number of nitrogens with zero attached hydrogens (tertiary/aromatic N) is 1. The fourth-order valence-electron chi connectivity index (χ4n) is 4.26. The number of carbonyl (C=O) groups excluding carboxylic acids is 1. The Hall–Kier alpha value is -3.53. The molecule has 1 aromatic heterocycles. The van der Waals surface area contributed by atoms with Gasteiger partial charge in [-0.1, -0.05) is 36.4 Å². The predicted molar refractivity (Wildman–Crippen MR) is 111 cm³/mol. The summed E-state index contributed by atoms with van der Waals surface area (Å²) >= 11 is 0. The molecule has 2 heterocycles. The smallest absolute Gasteiger partial charge is 0.259 e. The Balaban J connectivity index is 1.75. The van der Waals surface area contributed by atoms with E-state index in [1.165, 1.54) is 0 Å². The Kier molecular flexibility index (Phi) is 3.72. The molecule has 138 valence electrons. The van der Waals surface area contributed by atoms with Crippen molar-refractivity contribution in [2.75, 3.05) is 12.0 Å². The molecule has 0 spiro atoms. The first-order chi connectivity index (χ1) is 13.7. The molecule has 1 amide bonds. The van der Waals surface area contributed by atoms with Crippen LogP contribution in [0.2, 0.25) is 0 Å². The topological polar surface area (TPSA) is 45.3 Å². The average Bonchev–Trinajstić information content (AvgIpc) is 3.21. The number of carbonyl (C=O) groups is 1. The van der Waals surface area contributed by atoms with Gasteiger partial charge in [0.2, 0.25) is 0 Å². The number of hydrogen-bond acceptors (Lipinski definition) is 2. The summed E-state index contributed by atoms with van der Waals surface area (Å²) in [4.78, 5) is 18.8. The molecule has 0 saturated carbocycles. The van der Waals surface area contributed by atoms with E-state index >= 15 is 0 Å². The number of para-hydroxylation sites is 1. The van der Waals surface area contributed by atoms with Crippen molar-refractivity contribution in [3.63, 3.8) is 0 Å². The maximum absolute atomic E-state index is 13.4. The third-order valence-electron chi connectivity index (χ3n) is 5.53. The predicted octanol–water partition coefficient (Wildman–Crippen LogP) is 5.23. The van der Waals surface area contributed by atoms with Gasteiger partial charge < -0.3 is 9.72 Å². The Morgan fingerprint density at radius 1 is 0.929 bits per heavy atom. The molecule has 0 aliphatic carbocycles. The minimum atomic E-state index is -0.173. The molecule has 4 heteroatoms. The number of benzene rings is 3. The van der Waals surface area contributed by atoms with Crippen LogP contribution in [0.25, 0.3) is 10.9 Å². The van der Waals surface area contributed by atoms with Crippen LogP contribution in [0.3, 0.4) is 0 Å². The lowest BCUT2D eigenvalue weighted by atomic mass is 9.95. The van der Waals surface area contributed by atoms with E-state index in [4.69, 9.17) is 4.74 Å². The SMILES string of the molecule is COc1ccc(N2C(=O)c3ccccc3[C@@H]2c2c(C)[nH]c3ccccc23)cc1. The van der Waals surface area contributed by atoms with Crippen LogP contribution < -0.4 is 9.64 Å². The number of nitrogens with one attached hydrogen (secondary N) is 1. The molecule has 0 radical (unpaired) electrons. The van der Waals surface area contributed by atoms with Crippen molar-refractivity contribution in [3.05, 3.63) is 95.2 Å². The first kappa shape index (κ1) is 16.6.